The van der Waals surface area contributed by atoms with Gasteiger partial charge in [0.25, 0.3) is 0 Å². The zero-order valence-corrected chi connectivity index (χ0v) is 18.5. The number of alkyl carbamates (subject to hydrolysis) is 1. The van der Waals surface area contributed by atoms with E-state index >= 15 is 0 Å². The van der Waals surface area contributed by atoms with Crippen molar-refractivity contribution in [2.24, 2.45) is 5.92 Å². The van der Waals surface area contributed by atoms with E-state index in [4.69, 9.17) is 14.6 Å². The average molecular weight is 453 g/mol. The summed E-state index contributed by atoms with van der Waals surface area (Å²) in [7, 11) is 0. The Labute approximate surface area is 192 Å². The first kappa shape index (κ1) is 22.8. The fourth-order valence-corrected chi connectivity index (χ4v) is 4.54. The van der Waals surface area contributed by atoms with E-state index in [-0.39, 0.29) is 37.3 Å². The van der Waals surface area contributed by atoms with Crippen LogP contribution >= 0.6 is 0 Å². The van der Waals surface area contributed by atoms with Crippen molar-refractivity contribution in [2.45, 2.75) is 37.8 Å². The molecule has 0 radical (unpaired) electrons. The number of hydrogen-bond donors (Lipinski definition) is 3. The summed E-state index contributed by atoms with van der Waals surface area (Å²) in [5, 5.41) is 14.6. The number of hydrogen-bond acceptors (Lipinski definition) is 5. The van der Waals surface area contributed by atoms with Crippen molar-refractivity contribution in [3.63, 3.8) is 0 Å². The summed E-state index contributed by atoms with van der Waals surface area (Å²) < 4.78 is 10.6. The number of rotatable bonds is 8. The Morgan fingerprint density at radius 3 is 2.36 bits per heavy atom. The van der Waals surface area contributed by atoms with Crippen molar-refractivity contribution in [3.8, 4) is 11.1 Å². The van der Waals surface area contributed by atoms with E-state index in [1.165, 1.54) is 11.1 Å². The van der Waals surface area contributed by atoms with Crippen LogP contribution in [0.5, 0.6) is 0 Å². The molecule has 33 heavy (non-hydrogen) atoms. The molecule has 1 saturated heterocycles. The summed E-state index contributed by atoms with van der Waals surface area (Å²) in [5.41, 5.74) is 4.62. The van der Waals surface area contributed by atoms with Gasteiger partial charge in [-0.2, -0.15) is 0 Å². The number of carboxylic acid groups (broad SMARTS) is 1. The number of benzene rings is 2. The maximum absolute atomic E-state index is 12.3. The highest BCUT2D eigenvalue weighted by Gasteiger charge is 2.35. The number of amides is 2. The van der Waals surface area contributed by atoms with Gasteiger partial charge in [-0.05, 0) is 34.6 Å². The van der Waals surface area contributed by atoms with Gasteiger partial charge in [-0.25, -0.2) is 9.59 Å². The first-order chi connectivity index (χ1) is 15.9. The molecule has 4 rings (SSSR count). The Balaban J connectivity index is 1.23. The minimum absolute atomic E-state index is 0.0119. The molecule has 8 nitrogen and oxygen atoms in total. The Kier molecular flexibility index (Phi) is 6.93. The molecular formula is C25H28N2O6. The van der Waals surface area contributed by atoms with Crippen LogP contribution < -0.4 is 10.6 Å². The lowest BCUT2D eigenvalue weighted by atomic mass is 9.98. The van der Waals surface area contributed by atoms with E-state index < -0.39 is 24.2 Å². The SMILES string of the molecule is CC(CNC(=O)OCC1c2ccccc2-c2ccccc21)CC(=O)N[C@H]1CCO[C@H]1C(=O)O. The lowest BCUT2D eigenvalue weighted by molar-refractivity contribution is -0.148. The largest absolute Gasteiger partial charge is 0.479 e. The monoisotopic (exact) mass is 452 g/mol. The predicted octanol–water partition coefficient (Wildman–Crippen LogP) is 2.91. The fraction of sp³-hybridized carbons (Fsp3) is 0.400. The summed E-state index contributed by atoms with van der Waals surface area (Å²) in [6.07, 6.45) is -0.913. The van der Waals surface area contributed by atoms with E-state index in [1.54, 1.807) is 0 Å². The summed E-state index contributed by atoms with van der Waals surface area (Å²) in [4.78, 5) is 35.7. The summed E-state index contributed by atoms with van der Waals surface area (Å²) in [6, 6.07) is 15.7. The molecule has 2 aromatic carbocycles. The second-order valence-corrected chi connectivity index (χ2v) is 8.61. The van der Waals surface area contributed by atoms with Crippen LogP contribution in [0.3, 0.4) is 0 Å². The second kappa shape index (κ2) is 10.0. The van der Waals surface area contributed by atoms with Gasteiger partial charge in [-0.3, -0.25) is 4.79 Å². The van der Waals surface area contributed by atoms with Crippen molar-refractivity contribution < 1.29 is 29.0 Å². The first-order valence-electron chi connectivity index (χ1n) is 11.2. The van der Waals surface area contributed by atoms with E-state index in [0.29, 0.717) is 13.0 Å². The lowest BCUT2D eigenvalue weighted by Crippen LogP contribution is -2.44. The van der Waals surface area contributed by atoms with Crippen LogP contribution in [0.2, 0.25) is 0 Å². The molecule has 2 aliphatic rings. The number of carbonyl (C=O) groups excluding carboxylic acids is 2. The number of ether oxygens (including phenoxy) is 2. The smallest absolute Gasteiger partial charge is 0.407 e. The fourth-order valence-electron chi connectivity index (χ4n) is 4.54. The molecule has 2 aromatic rings. The van der Waals surface area contributed by atoms with E-state index in [2.05, 4.69) is 34.9 Å². The summed E-state index contributed by atoms with van der Waals surface area (Å²) >= 11 is 0. The van der Waals surface area contributed by atoms with E-state index in [1.807, 2.05) is 31.2 Å². The van der Waals surface area contributed by atoms with Crippen LogP contribution in [0.15, 0.2) is 48.5 Å². The summed E-state index contributed by atoms with van der Waals surface area (Å²) in [6.45, 7) is 2.64. The number of fused-ring (bicyclic) bond motifs is 3. The number of carboxylic acids is 1. The molecule has 0 saturated carbocycles. The van der Waals surface area contributed by atoms with Crippen molar-refractivity contribution in [2.75, 3.05) is 19.8 Å². The molecule has 1 aliphatic carbocycles. The molecule has 1 heterocycles. The molecule has 3 N–H and O–H groups in total. The molecule has 0 bridgehead atoms. The molecule has 0 aromatic heterocycles. The Bertz CT molecular complexity index is 994. The first-order valence-corrected chi connectivity index (χ1v) is 11.2. The van der Waals surface area contributed by atoms with Crippen LogP contribution in [0.4, 0.5) is 4.79 Å². The quantitative estimate of drug-likeness (QED) is 0.568. The molecular weight excluding hydrogens is 424 g/mol. The number of aliphatic carboxylic acids is 1. The van der Waals surface area contributed by atoms with Crippen LogP contribution in [0.25, 0.3) is 11.1 Å². The van der Waals surface area contributed by atoms with Gasteiger partial charge in [-0.1, -0.05) is 55.5 Å². The minimum atomic E-state index is -1.08. The second-order valence-electron chi connectivity index (χ2n) is 8.61. The third kappa shape index (κ3) is 5.17. The summed E-state index contributed by atoms with van der Waals surface area (Å²) in [5.74, 6) is -1.50. The predicted molar refractivity (Wildman–Crippen MR) is 121 cm³/mol. The van der Waals surface area contributed by atoms with Gasteiger partial charge in [0.05, 0.1) is 6.04 Å². The standard InChI is InChI=1S/C25H28N2O6/c1-15(12-22(28)27-21-10-11-32-23(21)24(29)30)13-26-25(31)33-14-20-18-8-4-2-6-16(18)17-7-3-5-9-19(17)20/h2-9,15,20-21,23H,10-14H2,1H3,(H,26,31)(H,27,28)(H,29,30)/t15?,21-,23+/m0/s1. The Morgan fingerprint density at radius 2 is 1.73 bits per heavy atom. The average Bonchev–Trinajstić information content (AvgIpc) is 3.39. The van der Waals surface area contributed by atoms with Gasteiger partial charge in [0.15, 0.2) is 6.10 Å². The molecule has 1 unspecified atom stereocenters. The molecule has 8 heteroatoms. The maximum atomic E-state index is 12.3. The van der Waals surface area contributed by atoms with Crippen molar-refractivity contribution >= 4 is 18.0 Å². The highest BCUT2D eigenvalue weighted by molar-refractivity contribution is 5.80. The molecule has 2 amide bonds. The van der Waals surface area contributed by atoms with Gasteiger partial charge in [0.2, 0.25) is 5.91 Å². The minimum Gasteiger partial charge on any atom is -0.479 e. The molecule has 1 aliphatic heterocycles. The number of nitrogens with one attached hydrogen (secondary N) is 2. The maximum Gasteiger partial charge on any atom is 0.407 e. The van der Waals surface area contributed by atoms with Gasteiger partial charge in [0.1, 0.15) is 6.61 Å². The van der Waals surface area contributed by atoms with Crippen LogP contribution in [-0.2, 0) is 19.1 Å². The third-order valence-electron chi connectivity index (χ3n) is 6.15. The zero-order valence-electron chi connectivity index (χ0n) is 18.5. The molecule has 174 valence electrons. The zero-order chi connectivity index (χ0) is 23.4. The van der Waals surface area contributed by atoms with Gasteiger partial charge in [0, 0.05) is 25.5 Å². The van der Waals surface area contributed by atoms with Crippen molar-refractivity contribution in [1.29, 1.82) is 0 Å². The lowest BCUT2D eigenvalue weighted by Gasteiger charge is -2.18. The van der Waals surface area contributed by atoms with Gasteiger partial charge in [-0.15, -0.1) is 0 Å². The highest BCUT2D eigenvalue weighted by atomic mass is 16.5. The van der Waals surface area contributed by atoms with Crippen LogP contribution in [0.1, 0.15) is 36.8 Å². The Morgan fingerprint density at radius 1 is 1.09 bits per heavy atom. The van der Waals surface area contributed by atoms with E-state index in [0.717, 1.165) is 11.1 Å². The third-order valence-corrected chi connectivity index (χ3v) is 6.15. The van der Waals surface area contributed by atoms with Crippen molar-refractivity contribution in [3.05, 3.63) is 59.7 Å². The van der Waals surface area contributed by atoms with E-state index in [9.17, 15) is 14.4 Å². The van der Waals surface area contributed by atoms with Crippen LogP contribution in [0, 0.1) is 5.92 Å². The van der Waals surface area contributed by atoms with Crippen molar-refractivity contribution in [1.82, 2.24) is 10.6 Å². The molecule has 3 atom stereocenters. The normalized spacial score (nSPS) is 19.9. The van der Waals surface area contributed by atoms with Gasteiger partial charge >= 0.3 is 12.1 Å². The molecule has 1 fully saturated rings. The Hall–Kier alpha value is -3.39. The highest BCUT2D eigenvalue weighted by Crippen LogP contribution is 2.44. The molecule has 0 spiro atoms. The van der Waals surface area contributed by atoms with Crippen LogP contribution in [-0.4, -0.2) is 55.0 Å². The van der Waals surface area contributed by atoms with Gasteiger partial charge < -0.3 is 25.2 Å². The topological polar surface area (TPSA) is 114 Å². The number of carbonyl (C=O) groups is 3.